The largest absolute Gasteiger partial charge is 0.416 e. The highest BCUT2D eigenvalue weighted by Gasteiger charge is 2.34. The maximum atomic E-state index is 13.7. The number of alkyl halides is 3. The molecule has 1 fully saturated rings. The fourth-order valence-corrected chi connectivity index (χ4v) is 4.91. The topological polar surface area (TPSA) is 60.9 Å². The minimum Gasteiger partial charge on any atom is -0.368 e. The van der Waals surface area contributed by atoms with Crippen LogP contribution in [-0.2, 0) is 21.0 Å². The van der Waals surface area contributed by atoms with Crippen LogP contribution in [0.3, 0.4) is 0 Å². The fraction of sp³-hybridized carbons (Fsp3) is 0.381. The molecule has 1 saturated heterocycles. The van der Waals surface area contributed by atoms with Gasteiger partial charge in [0, 0.05) is 37.9 Å². The van der Waals surface area contributed by atoms with Crippen molar-refractivity contribution < 1.29 is 35.2 Å². The number of halogens is 5. The molecule has 0 aliphatic carbocycles. The number of carbonyl (C=O) groups excluding carboxylic acids is 1. The van der Waals surface area contributed by atoms with E-state index in [1.54, 1.807) is 11.0 Å². The Morgan fingerprint density at radius 3 is 2.18 bits per heavy atom. The van der Waals surface area contributed by atoms with Gasteiger partial charge in [0.05, 0.1) is 17.5 Å². The van der Waals surface area contributed by atoms with Gasteiger partial charge in [-0.05, 0) is 37.3 Å². The van der Waals surface area contributed by atoms with Gasteiger partial charge in [-0.25, -0.2) is 17.2 Å². The van der Waals surface area contributed by atoms with E-state index >= 15 is 0 Å². The molecule has 0 saturated carbocycles. The molecule has 12 heteroatoms. The van der Waals surface area contributed by atoms with E-state index in [1.165, 1.54) is 17.9 Å². The lowest BCUT2D eigenvalue weighted by molar-refractivity contribution is -0.137. The molecule has 1 unspecified atom stereocenters. The SMILES string of the molecule is CC(C(=O)N1CCN(c2cccc(C(F)(F)F)c2)CC1)N(c1ccc(F)c(F)c1)S(C)(=O)=O. The first-order valence-electron chi connectivity index (χ1n) is 9.94. The summed E-state index contributed by atoms with van der Waals surface area (Å²) in [6.07, 6.45) is -3.62. The molecule has 2 aromatic rings. The molecule has 0 N–H and O–H groups in total. The van der Waals surface area contributed by atoms with Gasteiger partial charge >= 0.3 is 6.18 Å². The zero-order chi connectivity index (χ0) is 24.6. The Morgan fingerprint density at radius 2 is 1.64 bits per heavy atom. The predicted molar refractivity (Wildman–Crippen MR) is 113 cm³/mol. The Hall–Kier alpha value is -2.89. The van der Waals surface area contributed by atoms with E-state index in [1.807, 2.05) is 0 Å². The normalized spacial score (nSPS) is 16.0. The lowest BCUT2D eigenvalue weighted by Gasteiger charge is -2.39. The van der Waals surface area contributed by atoms with Crippen molar-refractivity contribution in [1.82, 2.24) is 4.90 Å². The van der Waals surface area contributed by atoms with Crippen LogP contribution in [0.15, 0.2) is 42.5 Å². The molecule has 6 nitrogen and oxygen atoms in total. The zero-order valence-electron chi connectivity index (χ0n) is 17.8. The second-order valence-corrected chi connectivity index (χ2v) is 9.55. The monoisotopic (exact) mass is 491 g/mol. The number of benzene rings is 2. The van der Waals surface area contributed by atoms with Crippen molar-refractivity contribution in [1.29, 1.82) is 0 Å². The first kappa shape index (κ1) is 24.7. The Balaban J connectivity index is 1.74. The molecule has 0 spiro atoms. The van der Waals surface area contributed by atoms with Crippen molar-refractivity contribution in [3.8, 4) is 0 Å². The average molecular weight is 491 g/mol. The maximum Gasteiger partial charge on any atom is 0.416 e. The zero-order valence-corrected chi connectivity index (χ0v) is 18.6. The Kier molecular flexibility index (Phi) is 6.87. The van der Waals surface area contributed by atoms with Gasteiger partial charge < -0.3 is 9.80 Å². The molecular formula is C21H22F5N3O3S. The third-order valence-electron chi connectivity index (χ3n) is 5.35. The van der Waals surface area contributed by atoms with Crippen LogP contribution in [0, 0.1) is 11.6 Å². The van der Waals surface area contributed by atoms with Gasteiger partial charge in [-0.3, -0.25) is 9.10 Å². The number of piperazine rings is 1. The van der Waals surface area contributed by atoms with E-state index < -0.39 is 45.3 Å². The number of hydrogen-bond donors (Lipinski definition) is 0. The van der Waals surface area contributed by atoms with Crippen LogP contribution < -0.4 is 9.21 Å². The number of amides is 1. The second kappa shape index (κ2) is 9.16. The molecule has 180 valence electrons. The number of carbonyl (C=O) groups is 1. The summed E-state index contributed by atoms with van der Waals surface area (Å²) in [5.74, 6) is -2.97. The summed E-state index contributed by atoms with van der Waals surface area (Å²) < 4.78 is 91.3. The van der Waals surface area contributed by atoms with Gasteiger partial charge in [-0.15, -0.1) is 0 Å². The molecule has 1 heterocycles. The molecule has 33 heavy (non-hydrogen) atoms. The van der Waals surface area contributed by atoms with E-state index in [9.17, 15) is 35.2 Å². The predicted octanol–water partition coefficient (Wildman–Crippen LogP) is 3.49. The van der Waals surface area contributed by atoms with Crippen LogP contribution in [0.1, 0.15) is 12.5 Å². The Labute approximate surface area is 188 Å². The van der Waals surface area contributed by atoms with Crippen molar-refractivity contribution in [2.75, 3.05) is 41.6 Å². The second-order valence-electron chi connectivity index (χ2n) is 7.69. The molecule has 1 atom stereocenters. The minimum absolute atomic E-state index is 0.148. The summed E-state index contributed by atoms with van der Waals surface area (Å²) in [6.45, 7) is 2.11. The summed E-state index contributed by atoms with van der Waals surface area (Å²) in [6, 6.07) is 6.16. The van der Waals surface area contributed by atoms with E-state index in [2.05, 4.69) is 0 Å². The molecule has 0 radical (unpaired) electrons. The van der Waals surface area contributed by atoms with Crippen LogP contribution in [-0.4, -0.2) is 57.7 Å². The number of sulfonamides is 1. The van der Waals surface area contributed by atoms with E-state index in [4.69, 9.17) is 0 Å². The summed E-state index contributed by atoms with van der Waals surface area (Å²) in [5.41, 5.74) is -0.605. The molecule has 1 aliphatic rings. The smallest absolute Gasteiger partial charge is 0.368 e. The van der Waals surface area contributed by atoms with Gasteiger partial charge in [0.1, 0.15) is 6.04 Å². The van der Waals surface area contributed by atoms with E-state index in [0.717, 1.165) is 34.8 Å². The van der Waals surface area contributed by atoms with E-state index in [-0.39, 0.29) is 31.9 Å². The molecule has 2 aromatic carbocycles. The number of rotatable bonds is 5. The van der Waals surface area contributed by atoms with Gasteiger partial charge in [0.25, 0.3) is 0 Å². The molecular weight excluding hydrogens is 469 g/mol. The van der Waals surface area contributed by atoms with Crippen LogP contribution in [0.4, 0.5) is 33.3 Å². The van der Waals surface area contributed by atoms with Gasteiger partial charge in [0.15, 0.2) is 11.6 Å². The highest BCUT2D eigenvalue weighted by atomic mass is 32.2. The van der Waals surface area contributed by atoms with Crippen LogP contribution in [0.5, 0.6) is 0 Å². The minimum atomic E-state index is -4.47. The summed E-state index contributed by atoms with van der Waals surface area (Å²) >= 11 is 0. The molecule has 0 bridgehead atoms. The van der Waals surface area contributed by atoms with Gasteiger partial charge in [-0.2, -0.15) is 13.2 Å². The van der Waals surface area contributed by atoms with Crippen molar-refractivity contribution in [2.24, 2.45) is 0 Å². The first-order valence-corrected chi connectivity index (χ1v) is 11.8. The standard InChI is InChI=1S/C21H22F5N3O3S/c1-14(29(33(2,31)32)17-6-7-18(22)19(23)13-17)20(30)28-10-8-27(9-11-28)16-5-3-4-15(12-16)21(24,25)26/h3-7,12-14H,8-11H2,1-2H3. The van der Waals surface area contributed by atoms with Crippen LogP contribution in [0.25, 0.3) is 0 Å². The summed E-state index contributed by atoms with van der Waals surface area (Å²) in [5, 5.41) is 0. The third-order valence-corrected chi connectivity index (χ3v) is 6.60. The lowest BCUT2D eigenvalue weighted by Crippen LogP contribution is -2.55. The van der Waals surface area contributed by atoms with Crippen molar-refractivity contribution >= 4 is 27.3 Å². The number of hydrogen-bond acceptors (Lipinski definition) is 4. The van der Waals surface area contributed by atoms with Crippen molar-refractivity contribution in [3.63, 3.8) is 0 Å². The van der Waals surface area contributed by atoms with E-state index in [0.29, 0.717) is 11.8 Å². The van der Waals surface area contributed by atoms with Crippen molar-refractivity contribution in [3.05, 3.63) is 59.7 Å². The Bertz CT molecular complexity index is 1130. The van der Waals surface area contributed by atoms with Gasteiger partial charge in [0.2, 0.25) is 15.9 Å². The van der Waals surface area contributed by atoms with Crippen LogP contribution >= 0.6 is 0 Å². The van der Waals surface area contributed by atoms with Crippen LogP contribution in [0.2, 0.25) is 0 Å². The maximum absolute atomic E-state index is 13.7. The Morgan fingerprint density at radius 1 is 1.00 bits per heavy atom. The van der Waals surface area contributed by atoms with Gasteiger partial charge in [-0.1, -0.05) is 6.07 Å². The highest BCUT2D eigenvalue weighted by Crippen LogP contribution is 2.32. The molecule has 1 aliphatic heterocycles. The van der Waals surface area contributed by atoms with Crippen molar-refractivity contribution in [2.45, 2.75) is 19.1 Å². The fourth-order valence-electron chi connectivity index (χ4n) is 3.75. The molecule has 3 rings (SSSR count). The number of anilines is 2. The lowest BCUT2D eigenvalue weighted by atomic mass is 10.1. The average Bonchev–Trinajstić information content (AvgIpc) is 2.74. The summed E-state index contributed by atoms with van der Waals surface area (Å²) in [4.78, 5) is 16.1. The molecule has 0 aromatic heterocycles. The highest BCUT2D eigenvalue weighted by molar-refractivity contribution is 7.92. The quantitative estimate of drug-likeness (QED) is 0.601. The molecule has 1 amide bonds. The summed E-state index contributed by atoms with van der Waals surface area (Å²) in [7, 11) is -4.02. The third kappa shape index (κ3) is 5.55. The number of nitrogens with zero attached hydrogens (tertiary/aromatic N) is 3. The first-order chi connectivity index (χ1) is 15.3.